The van der Waals surface area contributed by atoms with Crippen molar-refractivity contribution in [2.45, 2.75) is 26.0 Å². The number of carbonyl (C=O) groups is 1. The van der Waals surface area contributed by atoms with Gasteiger partial charge in [-0.25, -0.2) is 8.42 Å². The number of nitrogens with one attached hydrogen (secondary N) is 1. The molecule has 2 aromatic carbocycles. The Morgan fingerprint density at radius 1 is 1.31 bits per heavy atom. The molecular formula is C20H23ClN2O5S. The van der Waals surface area contributed by atoms with Crippen LogP contribution in [0.1, 0.15) is 18.9 Å². The summed E-state index contributed by atoms with van der Waals surface area (Å²) in [6.07, 6.45) is 0.505. The number of hydrogen-bond acceptors (Lipinski definition) is 5. The minimum absolute atomic E-state index is 0.115. The van der Waals surface area contributed by atoms with Crippen molar-refractivity contribution in [2.24, 2.45) is 0 Å². The van der Waals surface area contributed by atoms with E-state index in [2.05, 4.69) is 5.32 Å². The first-order chi connectivity index (χ1) is 13.8. The molecule has 1 aliphatic rings. The van der Waals surface area contributed by atoms with Crippen molar-refractivity contribution in [3.05, 3.63) is 53.1 Å². The zero-order valence-electron chi connectivity index (χ0n) is 16.2. The Balaban J connectivity index is 1.74. The molecular weight excluding hydrogens is 416 g/mol. The van der Waals surface area contributed by atoms with Gasteiger partial charge in [0.15, 0.2) is 6.10 Å². The van der Waals surface area contributed by atoms with Crippen molar-refractivity contribution in [3.8, 4) is 11.5 Å². The Kier molecular flexibility index (Phi) is 6.54. The van der Waals surface area contributed by atoms with E-state index in [4.69, 9.17) is 21.1 Å². The normalized spacial score (nSPS) is 16.4. The van der Waals surface area contributed by atoms with Crippen LogP contribution in [0.2, 0.25) is 5.02 Å². The molecule has 9 heteroatoms. The summed E-state index contributed by atoms with van der Waals surface area (Å²) in [5.74, 6) is 0.721. The summed E-state index contributed by atoms with van der Waals surface area (Å²) in [5, 5.41) is 3.24. The molecule has 1 heterocycles. The average molecular weight is 439 g/mol. The van der Waals surface area contributed by atoms with Gasteiger partial charge in [-0.3, -0.25) is 9.10 Å². The highest BCUT2D eigenvalue weighted by atomic mass is 35.5. The summed E-state index contributed by atoms with van der Waals surface area (Å²) in [7, 11) is -3.54. The molecule has 0 aliphatic carbocycles. The maximum Gasteiger partial charge on any atom is 0.261 e. The van der Waals surface area contributed by atoms with E-state index < -0.39 is 16.1 Å². The third kappa shape index (κ3) is 5.33. The molecule has 0 radical (unpaired) electrons. The van der Waals surface area contributed by atoms with Crippen LogP contribution in [0.5, 0.6) is 11.5 Å². The van der Waals surface area contributed by atoms with Crippen molar-refractivity contribution in [1.82, 2.24) is 5.32 Å². The van der Waals surface area contributed by atoms with Gasteiger partial charge in [-0.2, -0.15) is 0 Å². The van der Waals surface area contributed by atoms with Crippen LogP contribution in [0, 0.1) is 0 Å². The smallest absolute Gasteiger partial charge is 0.261 e. The number of fused-ring (bicyclic) bond motifs is 1. The van der Waals surface area contributed by atoms with E-state index in [1.165, 1.54) is 10.4 Å². The molecule has 1 amide bonds. The van der Waals surface area contributed by atoms with Crippen LogP contribution in [-0.2, 0) is 21.4 Å². The number of amides is 1. The number of benzene rings is 2. The second-order valence-electron chi connectivity index (χ2n) is 6.64. The lowest BCUT2D eigenvalue weighted by atomic mass is 10.2. The second kappa shape index (κ2) is 8.92. The first kappa shape index (κ1) is 21.3. The number of carbonyl (C=O) groups excluding carboxylic acids is 1. The van der Waals surface area contributed by atoms with Crippen LogP contribution < -0.4 is 19.1 Å². The van der Waals surface area contributed by atoms with Crippen LogP contribution in [0.25, 0.3) is 0 Å². The summed E-state index contributed by atoms with van der Waals surface area (Å²) in [6.45, 7) is 2.89. The van der Waals surface area contributed by atoms with E-state index in [0.29, 0.717) is 29.6 Å². The van der Waals surface area contributed by atoms with Gasteiger partial charge in [-0.1, -0.05) is 23.7 Å². The predicted octanol–water partition coefficient (Wildman–Crippen LogP) is 2.97. The van der Waals surface area contributed by atoms with Crippen molar-refractivity contribution in [3.63, 3.8) is 0 Å². The Labute approximate surface area is 175 Å². The fourth-order valence-electron chi connectivity index (χ4n) is 3.10. The molecule has 1 N–H and O–H groups in total. The standard InChI is InChI=1S/C20H23ClN2O5S/c1-3-27-16-6-4-5-14(11-16)13-22-20(24)19-9-10-23(29(2,25)26)17-12-15(21)7-8-18(17)28-19/h4-8,11-12,19H,3,9-10,13H2,1-2H3,(H,22,24). The molecule has 1 aliphatic heterocycles. The molecule has 0 saturated carbocycles. The van der Waals surface area contributed by atoms with E-state index in [0.717, 1.165) is 17.6 Å². The van der Waals surface area contributed by atoms with Crippen molar-refractivity contribution in [2.75, 3.05) is 23.7 Å². The Hall–Kier alpha value is -2.45. The molecule has 0 aromatic heterocycles. The third-order valence-electron chi connectivity index (χ3n) is 4.42. The van der Waals surface area contributed by atoms with Gasteiger partial charge in [0.25, 0.3) is 5.91 Å². The lowest BCUT2D eigenvalue weighted by Gasteiger charge is -2.21. The zero-order chi connectivity index (χ0) is 21.0. The van der Waals surface area contributed by atoms with Gasteiger partial charge in [-0.05, 0) is 42.8 Å². The topological polar surface area (TPSA) is 84.9 Å². The van der Waals surface area contributed by atoms with Crippen LogP contribution >= 0.6 is 11.6 Å². The van der Waals surface area contributed by atoms with Crippen molar-refractivity contribution >= 4 is 33.2 Å². The van der Waals surface area contributed by atoms with Gasteiger partial charge in [-0.15, -0.1) is 0 Å². The molecule has 29 heavy (non-hydrogen) atoms. The fraction of sp³-hybridized carbons (Fsp3) is 0.350. The minimum Gasteiger partial charge on any atom is -0.494 e. The number of hydrogen-bond donors (Lipinski definition) is 1. The molecule has 0 saturated heterocycles. The molecule has 7 nitrogen and oxygen atoms in total. The van der Waals surface area contributed by atoms with E-state index >= 15 is 0 Å². The number of sulfonamides is 1. The molecule has 156 valence electrons. The van der Waals surface area contributed by atoms with Gasteiger partial charge < -0.3 is 14.8 Å². The molecule has 3 rings (SSSR count). The molecule has 0 bridgehead atoms. The summed E-state index contributed by atoms with van der Waals surface area (Å²) in [6, 6.07) is 12.2. The number of halogens is 1. The van der Waals surface area contributed by atoms with Gasteiger partial charge in [0.1, 0.15) is 11.5 Å². The number of ether oxygens (including phenoxy) is 2. The predicted molar refractivity (Wildman–Crippen MR) is 112 cm³/mol. The monoisotopic (exact) mass is 438 g/mol. The van der Waals surface area contributed by atoms with Crippen LogP contribution in [-0.4, -0.2) is 39.8 Å². The summed E-state index contributed by atoms with van der Waals surface area (Å²) in [4.78, 5) is 12.7. The van der Waals surface area contributed by atoms with Gasteiger partial charge in [0, 0.05) is 24.5 Å². The largest absolute Gasteiger partial charge is 0.494 e. The Morgan fingerprint density at radius 2 is 2.10 bits per heavy atom. The maximum absolute atomic E-state index is 12.7. The maximum atomic E-state index is 12.7. The fourth-order valence-corrected chi connectivity index (χ4v) is 4.20. The van der Waals surface area contributed by atoms with E-state index in [9.17, 15) is 13.2 Å². The number of anilines is 1. The Morgan fingerprint density at radius 3 is 2.83 bits per heavy atom. The lowest BCUT2D eigenvalue weighted by molar-refractivity contribution is -0.128. The van der Waals surface area contributed by atoms with Crippen molar-refractivity contribution in [1.29, 1.82) is 0 Å². The van der Waals surface area contributed by atoms with E-state index in [-0.39, 0.29) is 18.9 Å². The summed E-state index contributed by atoms with van der Waals surface area (Å²) < 4.78 is 36.9. The average Bonchev–Trinajstić information content (AvgIpc) is 2.86. The number of nitrogens with zero attached hydrogens (tertiary/aromatic N) is 1. The molecule has 0 spiro atoms. The minimum atomic E-state index is -3.54. The van der Waals surface area contributed by atoms with E-state index in [1.807, 2.05) is 31.2 Å². The second-order valence-corrected chi connectivity index (χ2v) is 8.98. The van der Waals surface area contributed by atoms with Gasteiger partial charge in [0.05, 0.1) is 18.6 Å². The van der Waals surface area contributed by atoms with Crippen LogP contribution in [0.4, 0.5) is 5.69 Å². The SMILES string of the molecule is CCOc1cccc(CNC(=O)C2CCN(S(C)(=O)=O)c3cc(Cl)ccc3O2)c1. The molecule has 2 aromatic rings. The van der Waals surface area contributed by atoms with E-state index in [1.54, 1.807) is 12.1 Å². The first-order valence-corrected chi connectivity index (χ1v) is 11.4. The highest BCUT2D eigenvalue weighted by molar-refractivity contribution is 7.92. The van der Waals surface area contributed by atoms with Crippen molar-refractivity contribution < 1.29 is 22.7 Å². The molecule has 0 fully saturated rings. The number of rotatable bonds is 6. The van der Waals surface area contributed by atoms with Crippen LogP contribution in [0.15, 0.2) is 42.5 Å². The highest BCUT2D eigenvalue weighted by Crippen LogP contribution is 2.36. The molecule has 1 atom stereocenters. The zero-order valence-corrected chi connectivity index (χ0v) is 17.8. The quantitative estimate of drug-likeness (QED) is 0.749. The lowest BCUT2D eigenvalue weighted by Crippen LogP contribution is -2.39. The summed E-state index contributed by atoms with van der Waals surface area (Å²) in [5.41, 5.74) is 1.22. The summed E-state index contributed by atoms with van der Waals surface area (Å²) >= 11 is 6.03. The van der Waals surface area contributed by atoms with Crippen LogP contribution in [0.3, 0.4) is 0 Å². The first-order valence-electron chi connectivity index (χ1n) is 9.21. The van der Waals surface area contributed by atoms with Gasteiger partial charge in [0.2, 0.25) is 10.0 Å². The highest BCUT2D eigenvalue weighted by Gasteiger charge is 2.31. The van der Waals surface area contributed by atoms with Gasteiger partial charge >= 0.3 is 0 Å². The Bertz CT molecular complexity index is 996. The third-order valence-corrected chi connectivity index (χ3v) is 5.84. The molecule has 1 unspecified atom stereocenters.